The molecule has 1 fully saturated rings. The summed E-state index contributed by atoms with van der Waals surface area (Å²) in [5.74, 6) is 2.56. The first-order valence-corrected chi connectivity index (χ1v) is 4.43. The second kappa shape index (κ2) is 3.78. The molecule has 1 nitrogen and oxygen atoms in total. The van der Waals surface area contributed by atoms with Gasteiger partial charge < -0.3 is 5.11 Å². The van der Waals surface area contributed by atoms with Crippen molar-refractivity contribution >= 4 is 0 Å². The van der Waals surface area contributed by atoms with Crippen molar-refractivity contribution in [3.05, 3.63) is 0 Å². The minimum atomic E-state index is -0.523. The second-order valence-corrected chi connectivity index (χ2v) is 3.52. The van der Waals surface area contributed by atoms with Crippen molar-refractivity contribution in [2.24, 2.45) is 0 Å². The van der Waals surface area contributed by atoms with Crippen molar-refractivity contribution in [3.8, 4) is 12.3 Å². The van der Waals surface area contributed by atoms with Gasteiger partial charge in [-0.2, -0.15) is 0 Å². The van der Waals surface area contributed by atoms with E-state index in [2.05, 4.69) is 5.92 Å². The van der Waals surface area contributed by atoms with Crippen LogP contribution in [0.4, 0.5) is 0 Å². The van der Waals surface area contributed by atoms with Gasteiger partial charge in [-0.3, -0.25) is 0 Å². The van der Waals surface area contributed by atoms with Crippen molar-refractivity contribution in [2.45, 2.75) is 50.5 Å². The summed E-state index contributed by atoms with van der Waals surface area (Å²) in [6.07, 6.45) is 12.3. The Morgan fingerprint density at radius 2 is 1.73 bits per heavy atom. The van der Waals surface area contributed by atoms with Crippen LogP contribution in [-0.2, 0) is 0 Å². The summed E-state index contributed by atoms with van der Waals surface area (Å²) in [5, 5.41) is 9.91. The first-order chi connectivity index (χ1) is 5.27. The molecule has 0 spiro atoms. The van der Waals surface area contributed by atoms with E-state index in [9.17, 15) is 5.11 Å². The maximum absolute atomic E-state index is 9.91. The molecule has 1 heteroatoms. The second-order valence-electron chi connectivity index (χ2n) is 3.52. The minimum absolute atomic E-state index is 0.523. The summed E-state index contributed by atoms with van der Waals surface area (Å²) in [6, 6.07) is 0. The summed E-state index contributed by atoms with van der Waals surface area (Å²) in [7, 11) is 0. The lowest BCUT2D eigenvalue weighted by Gasteiger charge is -2.23. The van der Waals surface area contributed by atoms with E-state index in [0.717, 1.165) is 25.7 Å². The zero-order valence-corrected chi connectivity index (χ0v) is 6.97. The fourth-order valence-corrected chi connectivity index (χ4v) is 1.75. The quantitative estimate of drug-likeness (QED) is 0.450. The number of hydrogen-bond donors (Lipinski definition) is 1. The Morgan fingerprint density at radius 3 is 2.18 bits per heavy atom. The van der Waals surface area contributed by atoms with Crippen LogP contribution in [0.15, 0.2) is 0 Å². The van der Waals surface area contributed by atoms with E-state index in [-0.39, 0.29) is 0 Å². The summed E-state index contributed by atoms with van der Waals surface area (Å²) in [5.41, 5.74) is -0.523. The van der Waals surface area contributed by atoms with Gasteiger partial charge in [-0.15, -0.1) is 12.3 Å². The highest BCUT2D eigenvalue weighted by molar-refractivity contribution is 4.95. The Balaban J connectivity index is 2.46. The lowest BCUT2D eigenvalue weighted by molar-refractivity contribution is 0.0300. The van der Waals surface area contributed by atoms with Gasteiger partial charge in [0.2, 0.25) is 0 Å². The molecule has 0 heterocycles. The first kappa shape index (κ1) is 8.62. The molecular weight excluding hydrogens is 136 g/mol. The molecule has 0 aromatic rings. The molecule has 0 aromatic carbocycles. The van der Waals surface area contributed by atoms with Crippen molar-refractivity contribution in [1.29, 1.82) is 0 Å². The average molecular weight is 152 g/mol. The van der Waals surface area contributed by atoms with E-state index in [1.807, 2.05) is 0 Å². The molecular formula is C10H16O. The Hall–Kier alpha value is -0.480. The minimum Gasteiger partial charge on any atom is -0.389 e. The third-order valence-electron chi connectivity index (χ3n) is 2.47. The molecule has 0 bridgehead atoms. The van der Waals surface area contributed by atoms with Gasteiger partial charge in [0.25, 0.3) is 0 Å². The number of terminal acetylenes is 1. The first-order valence-electron chi connectivity index (χ1n) is 4.43. The van der Waals surface area contributed by atoms with E-state index in [0.29, 0.717) is 6.42 Å². The molecule has 0 atom stereocenters. The largest absolute Gasteiger partial charge is 0.389 e. The molecule has 0 unspecified atom stereocenters. The maximum Gasteiger partial charge on any atom is 0.0756 e. The third kappa shape index (κ3) is 2.55. The standard InChI is InChI=1S/C10H16O/c1-2-7-10(11)8-5-3-4-6-9-10/h1,11H,3-9H2. The molecule has 1 rings (SSSR count). The van der Waals surface area contributed by atoms with Crippen LogP contribution in [0.25, 0.3) is 0 Å². The van der Waals surface area contributed by atoms with Crippen molar-refractivity contribution in [1.82, 2.24) is 0 Å². The predicted molar refractivity (Wildman–Crippen MR) is 46.1 cm³/mol. The molecule has 1 N–H and O–H groups in total. The van der Waals surface area contributed by atoms with Crippen molar-refractivity contribution in [2.75, 3.05) is 0 Å². The highest BCUT2D eigenvalue weighted by Crippen LogP contribution is 2.29. The molecule has 0 radical (unpaired) electrons. The van der Waals surface area contributed by atoms with Gasteiger partial charge in [0.15, 0.2) is 0 Å². The monoisotopic (exact) mass is 152 g/mol. The highest BCUT2D eigenvalue weighted by atomic mass is 16.3. The normalized spacial score (nSPS) is 23.6. The topological polar surface area (TPSA) is 20.2 Å². The van der Waals surface area contributed by atoms with Gasteiger partial charge in [-0.25, -0.2) is 0 Å². The van der Waals surface area contributed by atoms with E-state index < -0.39 is 5.60 Å². The van der Waals surface area contributed by atoms with Gasteiger partial charge in [0.1, 0.15) is 0 Å². The Bertz CT molecular complexity index is 147. The Morgan fingerprint density at radius 1 is 1.18 bits per heavy atom. The van der Waals surface area contributed by atoms with Crippen LogP contribution in [-0.4, -0.2) is 10.7 Å². The molecule has 62 valence electrons. The van der Waals surface area contributed by atoms with E-state index in [1.54, 1.807) is 0 Å². The van der Waals surface area contributed by atoms with Crippen LogP contribution in [0.2, 0.25) is 0 Å². The van der Waals surface area contributed by atoms with E-state index >= 15 is 0 Å². The molecule has 1 aliphatic rings. The Labute approximate surface area is 68.8 Å². The summed E-state index contributed by atoms with van der Waals surface area (Å²) in [6.45, 7) is 0. The fourth-order valence-electron chi connectivity index (χ4n) is 1.75. The van der Waals surface area contributed by atoms with Crippen LogP contribution in [0.1, 0.15) is 44.9 Å². The maximum atomic E-state index is 9.91. The average Bonchev–Trinajstić information content (AvgIpc) is 2.15. The van der Waals surface area contributed by atoms with Gasteiger partial charge >= 0.3 is 0 Å². The SMILES string of the molecule is C#CCC1(O)CCCCCC1. The van der Waals surface area contributed by atoms with Crippen LogP contribution < -0.4 is 0 Å². The molecule has 0 amide bonds. The fraction of sp³-hybridized carbons (Fsp3) is 0.800. The highest BCUT2D eigenvalue weighted by Gasteiger charge is 2.26. The van der Waals surface area contributed by atoms with Crippen LogP contribution in [0.3, 0.4) is 0 Å². The van der Waals surface area contributed by atoms with Gasteiger partial charge in [-0.05, 0) is 12.8 Å². The van der Waals surface area contributed by atoms with Crippen molar-refractivity contribution < 1.29 is 5.11 Å². The number of hydrogen-bond acceptors (Lipinski definition) is 1. The predicted octanol–water partition coefficient (Wildman–Crippen LogP) is 2.09. The zero-order valence-electron chi connectivity index (χ0n) is 6.97. The molecule has 11 heavy (non-hydrogen) atoms. The van der Waals surface area contributed by atoms with Crippen LogP contribution in [0.5, 0.6) is 0 Å². The smallest absolute Gasteiger partial charge is 0.0756 e. The van der Waals surface area contributed by atoms with Crippen LogP contribution in [0, 0.1) is 12.3 Å². The van der Waals surface area contributed by atoms with Crippen molar-refractivity contribution in [3.63, 3.8) is 0 Å². The molecule has 0 aliphatic heterocycles. The van der Waals surface area contributed by atoms with Gasteiger partial charge in [0.05, 0.1) is 5.60 Å². The van der Waals surface area contributed by atoms with Gasteiger partial charge in [0, 0.05) is 6.42 Å². The zero-order chi connectivity index (χ0) is 8.16. The molecule has 0 aromatic heterocycles. The Kier molecular flexibility index (Phi) is 2.96. The lowest BCUT2D eigenvalue weighted by Crippen LogP contribution is -2.26. The van der Waals surface area contributed by atoms with E-state index in [4.69, 9.17) is 6.42 Å². The lowest BCUT2D eigenvalue weighted by atomic mass is 9.91. The third-order valence-corrected chi connectivity index (χ3v) is 2.47. The molecule has 1 saturated carbocycles. The summed E-state index contributed by atoms with van der Waals surface area (Å²) in [4.78, 5) is 0. The number of rotatable bonds is 1. The molecule has 1 aliphatic carbocycles. The van der Waals surface area contributed by atoms with Crippen LogP contribution >= 0.6 is 0 Å². The molecule has 0 saturated heterocycles. The summed E-state index contributed by atoms with van der Waals surface area (Å²) < 4.78 is 0. The van der Waals surface area contributed by atoms with Gasteiger partial charge in [-0.1, -0.05) is 25.7 Å². The summed E-state index contributed by atoms with van der Waals surface area (Å²) >= 11 is 0. The van der Waals surface area contributed by atoms with E-state index in [1.165, 1.54) is 12.8 Å². The number of aliphatic hydroxyl groups is 1.